The number of ether oxygens (including phenoxy) is 1. The van der Waals surface area contributed by atoms with E-state index < -0.39 is 0 Å². The van der Waals surface area contributed by atoms with Crippen molar-refractivity contribution in [2.24, 2.45) is 0 Å². The Morgan fingerprint density at radius 3 is 2.37 bits per heavy atom. The van der Waals surface area contributed by atoms with Crippen LogP contribution in [-0.2, 0) is 6.54 Å². The zero-order chi connectivity index (χ0) is 13.9. The molecule has 1 N–H and O–H groups in total. The first-order valence-corrected chi connectivity index (χ1v) is 7.44. The van der Waals surface area contributed by atoms with Crippen LogP contribution in [0.4, 0.5) is 0 Å². The van der Waals surface area contributed by atoms with Gasteiger partial charge in [-0.15, -0.1) is 0 Å². The van der Waals surface area contributed by atoms with E-state index >= 15 is 0 Å². The smallest absolute Gasteiger partial charge is 0.119 e. The van der Waals surface area contributed by atoms with Gasteiger partial charge in [0.1, 0.15) is 5.75 Å². The van der Waals surface area contributed by atoms with Crippen LogP contribution < -0.4 is 10.1 Å². The molecule has 0 unspecified atom stereocenters. The van der Waals surface area contributed by atoms with Gasteiger partial charge < -0.3 is 15.0 Å². The molecule has 0 spiro atoms. The van der Waals surface area contributed by atoms with Crippen molar-refractivity contribution in [1.29, 1.82) is 0 Å². The van der Waals surface area contributed by atoms with Gasteiger partial charge in [0.2, 0.25) is 0 Å². The minimum absolute atomic E-state index is 0.724. The molecular weight excluding hydrogens is 236 g/mol. The van der Waals surface area contributed by atoms with Gasteiger partial charge in [-0.05, 0) is 44.1 Å². The zero-order valence-electron chi connectivity index (χ0n) is 12.6. The van der Waals surface area contributed by atoms with Gasteiger partial charge >= 0.3 is 0 Å². The van der Waals surface area contributed by atoms with Crippen LogP contribution >= 0.6 is 0 Å². The van der Waals surface area contributed by atoms with E-state index in [9.17, 15) is 0 Å². The molecule has 0 heterocycles. The maximum absolute atomic E-state index is 5.43. The Morgan fingerprint density at radius 1 is 1.05 bits per heavy atom. The van der Waals surface area contributed by atoms with E-state index in [4.69, 9.17) is 4.74 Å². The van der Waals surface area contributed by atoms with Crippen molar-refractivity contribution in [3.05, 3.63) is 29.8 Å². The van der Waals surface area contributed by atoms with Gasteiger partial charge in [0.25, 0.3) is 0 Å². The summed E-state index contributed by atoms with van der Waals surface area (Å²) in [5.74, 6) is 0.950. The summed E-state index contributed by atoms with van der Waals surface area (Å²) >= 11 is 0. The lowest BCUT2D eigenvalue weighted by molar-refractivity contribution is 0.287. The minimum Gasteiger partial charge on any atom is -0.494 e. The van der Waals surface area contributed by atoms with Crippen LogP contribution in [0.3, 0.4) is 0 Å². The highest BCUT2D eigenvalue weighted by atomic mass is 16.5. The molecule has 1 aromatic rings. The van der Waals surface area contributed by atoms with Crippen LogP contribution in [0, 0.1) is 0 Å². The molecule has 0 saturated heterocycles. The summed E-state index contributed by atoms with van der Waals surface area (Å²) in [6.07, 6.45) is 1.23. The lowest BCUT2D eigenvalue weighted by atomic mass is 10.2. The number of benzene rings is 1. The summed E-state index contributed by atoms with van der Waals surface area (Å²) in [5, 5.41) is 3.49. The van der Waals surface area contributed by atoms with Crippen LogP contribution in [0.25, 0.3) is 0 Å². The van der Waals surface area contributed by atoms with E-state index in [1.807, 2.05) is 19.1 Å². The summed E-state index contributed by atoms with van der Waals surface area (Å²) in [4.78, 5) is 2.48. The predicted octanol–water partition coefficient (Wildman–Crippen LogP) is 2.91. The fourth-order valence-corrected chi connectivity index (χ4v) is 2.08. The van der Waals surface area contributed by atoms with Gasteiger partial charge in [-0.1, -0.05) is 26.0 Å². The summed E-state index contributed by atoms with van der Waals surface area (Å²) in [7, 11) is 0. The molecule has 0 aliphatic rings. The molecule has 0 bridgehead atoms. The van der Waals surface area contributed by atoms with Gasteiger partial charge in [0.05, 0.1) is 6.61 Å². The van der Waals surface area contributed by atoms with Gasteiger partial charge in [-0.25, -0.2) is 0 Å². The predicted molar refractivity (Wildman–Crippen MR) is 81.7 cm³/mol. The molecule has 0 atom stereocenters. The highest BCUT2D eigenvalue weighted by molar-refractivity contribution is 5.27. The maximum Gasteiger partial charge on any atom is 0.119 e. The van der Waals surface area contributed by atoms with Crippen LogP contribution in [0.15, 0.2) is 24.3 Å². The van der Waals surface area contributed by atoms with Crippen LogP contribution in [-0.4, -0.2) is 37.7 Å². The molecule has 3 nitrogen and oxygen atoms in total. The molecule has 0 amide bonds. The largest absolute Gasteiger partial charge is 0.494 e. The van der Waals surface area contributed by atoms with Crippen LogP contribution in [0.2, 0.25) is 0 Å². The molecule has 0 saturated carbocycles. The van der Waals surface area contributed by atoms with E-state index in [0.717, 1.165) is 38.5 Å². The highest BCUT2D eigenvalue weighted by Gasteiger charge is 2.00. The first kappa shape index (κ1) is 16.0. The van der Waals surface area contributed by atoms with Gasteiger partial charge in [-0.3, -0.25) is 0 Å². The Balaban J connectivity index is 2.21. The molecule has 0 aromatic heterocycles. The van der Waals surface area contributed by atoms with Crippen molar-refractivity contribution in [2.45, 2.75) is 33.7 Å². The number of hydrogen-bond acceptors (Lipinski definition) is 3. The third-order valence-corrected chi connectivity index (χ3v) is 3.16. The summed E-state index contributed by atoms with van der Waals surface area (Å²) in [6.45, 7) is 12.6. The van der Waals surface area contributed by atoms with Gasteiger partial charge in [0, 0.05) is 19.6 Å². The van der Waals surface area contributed by atoms with E-state index in [1.165, 1.54) is 18.5 Å². The van der Waals surface area contributed by atoms with Gasteiger partial charge in [-0.2, -0.15) is 0 Å². The maximum atomic E-state index is 5.43. The second-order valence-electron chi connectivity index (χ2n) is 4.69. The Labute approximate surface area is 118 Å². The molecule has 0 aliphatic heterocycles. The quantitative estimate of drug-likeness (QED) is 0.658. The first-order valence-electron chi connectivity index (χ1n) is 7.44. The van der Waals surface area contributed by atoms with Crippen molar-refractivity contribution in [3.63, 3.8) is 0 Å². The van der Waals surface area contributed by atoms with Crippen molar-refractivity contribution in [2.75, 3.05) is 32.8 Å². The molecule has 3 heteroatoms. The third kappa shape index (κ3) is 6.60. The second kappa shape index (κ2) is 9.82. The van der Waals surface area contributed by atoms with Crippen LogP contribution in [0.5, 0.6) is 5.75 Å². The fraction of sp³-hybridized carbons (Fsp3) is 0.625. The molecule has 0 fully saturated rings. The molecule has 0 radical (unpaired) electrons. The van der Waals surface area contributed by atoms with Crippen molar-refractivity contribution < 1.29 is 4.74 Å². The monoisotopic (exact) mass is 264 g/mol. The summed E-state index contributed by atoms with van der Waals surface area (Å²) in [5.41, 5.74) is 1.31. The fourth-order valence-electron chi connectivity index (χ4n) is 2.08. The Hall–Kier alpha value is -1.06. The number of likely N-dealkylation sites (N-methyl/N-ethyl adjacent to an activating group) is 1. The molecule has 108 valence electrons. The lowest BCUT2D eigenvalue weighted by Gasteiger charge is -2.19. The normalized spacial score (nSPS) is 10.9. The zero-order valence-corrected chi connectivity index (χ0v) is 12.6. The Kier molecular flexibility index (Phi) is 8.26. The molecule has 0 aliphatic carbocycles. The molecule has 19 heavy (non-hydrogen) atoms. The van der Waals surface area contributed by atoms with Crippen molar-refractivity contribution in [1.82, 2.24) is 10.2 Å². The summed E-state index contributed by atoms with van der Waals surface area (Å²) < 4.78 is 5.43. The molecular formula is C16H28N2O. The Bertz CT molecular complexity index is 324. The second-order valence-corrected chi connectivity index (χ2v) is 4.69. The SMILES string of the molecule is CCCN(CC)CCNCc1ccc(OCC)cc1. The lowest BCUT2D eigenvalue weighted by Crippen LogP contribution is -2.32. The standard InChI is InChI=1S/C16H28N2O/c1-4-12-18(5-2)13-11-17-14-15-7-9-16(10-8-15)19-6-3/h7-10,17H,4-6,11-14H2,1-3H3. The van der Waals surface area contributed by atoms with Gasteiger partial charge in [0.15, 0.2) is 0 Å². The van der Waals surface area contributed by atoms with Crippen molar-refractivity contribution in [3.8, 4) is 5.75 Å². The van der Waals surface area contributed by atoms with E-state index in [2.05, 4.69) is 36.2 Å². The molecule has 1 rings (SSSR count). The topological polar surface area (TPSA) is 24.5 Å². The van der Waals surface area contributed by atoms with E-state index in [-0.39, 0.29) is 0 Å². The summed E-state index contributed by atoms with van der Waals surface area (Å²) in [6, 6.07) is 8.33. The van der Waals surface area contributed by atoms with E-state index in [0.29, 0.717) is 0 Å². The third-order valence-electron chi connectivity index (χ3n) is 3.16. The van der Waals surface area contributed by atoms with Crippen LogP contribution in [0.1, 0.15) is 32.8 Å². The first-order chi connectivity index (χ1) is 9.30. The average Bonchev–Trinajstić information content (AvgIpc) is 2.44. The molecule has 1 aromatic carbocycles. The number of nitrogens with one attached hydrogen (secondary N) is 1. The number of nitrogens with zero attached hydrogens (tertiary/aromatic N) is 1. The number of rotatable bonds is 10. The Morgan fingerprint density at radius 2 is 1.79 bits per heavy atom. The number of hydrogen-bond donors (Lipinski definition) is 1. The average molecular weight is 264 g/mol. The minimum atomic E-state index is 0.724. The highest BCUT2D eigenvalue weighted by Crippen LogP contribution is 2.11. The van der Waals surface area contributed by atoms with E-state index in [1.54, 1.807) is 0 Å². The van der Waals surface area contributed by atoms with Crippen molar-refractivity contribution >= 4 is 0 Å².